The Bertz CT molecular complexity index is 552. The number of nitrogens with zero attached hydrogens (tertiary/aromatic N) is 2. The van der Waals surface area contributed by atoms with Crippen molar-refractivity contribution in [2.24, 2.45) is 17.6 Å². The fourth-order valence-electron chi connectivity index (χ4n) is 3.83. The number of hydrogen-bond donors (Lipinski definition) is 1. The summed E-state index contributed by atoms with van der Waals surface area (Å²) >= 11 is 0. The molecule has 1 aliphatic heterocycles. The SMILES string of the molecule is NC1CCCC2CN(Cc3cc(F)cc([N+](=O)[O-])c3)CC12. The van der Waals surface area contributed by atoms with Crippen molar-refractivity contribution in [3.63, 3.8) is 0 Å². The van der Waals surface area contributed by atoms with Crippen LogP contribution in [0.15, 0.2) is 18.2 Å². The molecule has 0 bridgehead atoms. The first-order valence-electron chi connectivity index (χ1n) is 7.45. The number of likely N-dealkylation sites (tertiary alicyclic amines) is 1. The summed E-state index contributed by atoms with van der Waals surface area (Å²) in [5, 5.41) is 10.8. The second-order valence-electron chi connectivity index (χ2n) is 6.29. The zero-order chi connectivity index (χ0) is 15.0. The van der Waals surface area contributed by atoms with E-state index in [1.807, 2.05) is 0 Å². The normalized spacial score (nSPS) is 29.3. The lowest BCUT2D eigenvalue weighted by Crippen LogP contribution is -2.38. The average Bonchev–Trinajstić information content (AvgIpc) is 2.82. The Hall–Kier alpha value is -1.53. The third kappa shape index (κ3) is 3.06. The summed E-state index contributed by atoms with van der Waals surface area (Å²) in [7, 11) is 0. The second-order valence-corrected chi connectivity index (χ2v) is 6.29. The molecular weight excluding hydrogens is 273 g/mol. The summed E-state index contributed by atoms with van der Waals surface area (Å²) in [6.07, 6.45) is 3.47. The highest BCUT2D eigenvalue weighted by molar-refractivity contribution is 5.35. The zero-order valence-electron chi connectivity index (χ0n) is 11.9. The van der Waals surface area contributed by atoms with Crippen LogP contribution < -0.4 is 5.73 Å². The van der Waals surface area contributed by atoms with Crippen LogP contribution in [-0.2, 0) is 6.54 Å². The molecular formula is C15H20FN3O2. The van der Waals surface area contributed by atoms with Gasteiger partial charge in [-0.05, 0) is 36.3 Å². The van der Waals surface area contributed by atoms with E-state index in [0.717, 1.165) is 25.6 Å². The van der Waals surface area contributed by atoms with Crippen molar-refractivity contribution < 1.29 is 9.31 Å². The summed E-state index contributed by atoms with van der Waals surface area (Å²) in [5.74, 6) is 0.590. The highest BCUT2D eigenvalue weighted by Crippen LogP contribution is 2.36. The van der Waals surface area contributed by atoms with Crippen LogP contribution in [0.25, 0.3) is 0 Å². The second kappa shape index (κ2) is 5.69. The maximum Gasteiger partial charge on any atom is 0.272 e. The molecule has 1 aliphatic carbocycles. The van der Waals surface area contributed by atoms with Gasteiger partial charge in [-0.3, -0.25) is 15.0 Å². The number of nitro benzene ring substituents is 1. The summed E-state index contributed by atoms with van der Waals surface area (Å²) < 4.78 is 13.5. The van der Waals surface area contributed by atoms with Gasteiger partial charge in [0.1, 0.15) is 5.82 Å². The number of halogens is 1. The number of fused-ring (bicyclic) bond motifs is 1. The molecule has 3 atom stereocenters. The average molecular weight is 293 g/mol. The van der Waals surface area contributed by atoms with Gasteiger partial charge in [-0.15, -0.1) is 0 Å². The minimum Gasteiger partial charge on any atom is -0.327 e. The number of nitrogens with two attached hydrogens (primary N) is 1. The summed E-state index contributed by atoms with van der Waals surface area (Å²) in [6, 6.07) is 4.07. The van der Waals surface area contributed by atoms with Crippen LogP contribution in [0.1, 0.15) is 24.8 Å². The van der Waals surface area contributed by atoms with Gasteiger partial charge in [0.05, 0.1) is 11.0 Å². The largest absolute Gasteiger partial charge is 0.327 e. The highest BCUT2D eigenvalue weighted by atomic mass is 19.1. The standard InChI is InChI=1S/C15H20FN3O2/c16-12-4-10(5-13(6-12)19(20)21)7-18-8-11-2-1-3-15(17)14(11)9-18/h4-6,11,14-15H,1-3,7-9,17H2. The molecule has 1 saturated carbocycles. The summed E-state index contributed by atoms with van der Waals surface area (Å²) in [5.41, 5.74) is 6.67. The van der Waals surface area contributed by atoms with Gasteiger partial charge in [-0.1, -0.05) is 6.42 Å². The van der Waals surface area contributed by atoms with Crippen molar-refractivity contribution in [3.05, 3.63) is 39.7 Å². The van der Waals surface area contributed by atoms with E-state index in [1.54, 1.807) is 0 Å². The van der Waals surface area contributed by atoms with Crippen LogP contribution in [0.2, 0.25) is 0 Å². The first-order valence-corrected chi connectivity index (χ1v) is 7.45. The van der Waals surface area contributed by atoms with Crippen LogP contribution in [0, 0.1) is 27.8 Å². The zero-order valence-corrected chi connectivity index (χ0v) is 11.9. The molecule has 0 spiro atoms. The van der Waals surface area contributed by atoms with Crippen molar-refractivity contribution in [2.45, 2.75) is 31.8 Å². The quantitative estimate of drug-likeness (QED) is 0.685. The third-order valence-electron chi connectivity index (χ3n) is 4.79. The molecule has 1 heterocycles. The van der Waals surface area contributed by atoms with E-state index in [4.69, 9.17) is 5.73 Å². The van der Waals surface area contributed by atoms with Crippen molar-refractivity contribution in [3.8, 4) is 0 Å². The minimum absolute atomic E-state index is 0.182. The molecule has 5 nitrogen and oxygen atoms in total. The van der Waals surface area contributed by atoms with E-state index in [9.17, 15) is 14.5 Å². The molecule has 6 heteroatoms. The van der Waals surface area contributed by atoms with Gasteiger partial charge in [0, 0.05) is 31.7 Å². The smallest absolute Gasteiger partial charge is 0.272 e. The predicted octanol–water partition coefficient (Wildman–Crippen LogP) is 2.29. The van der Waals surface area contributed by atoms with Gasteiger partial charge in [0.2, 0.25) is 0 Å². The number of non-ortho nitro benzene ring substituents is 1. The maximum atomic E-state index is 13.5. The molecule has 3 rings (SSSR count). The predicted molar refractivity (Wildman–Crippen MR) is 77.1 cm³/mol. The van der Waals surface area contributed by atoms with Crippen LogP contribution in [0.4, 0.5) is 10.1 Å². The van der Waals surface area contributed by atoms with E-state index in [0.29, 0.717) is 23.9 Å². The molecule has 1 aromatic carbocycles. The van der Waals surface area contributed by atoms with E-state index >= 15 is 0 Å². The van der Waals surface area contributed by atoms with Gasteiger partial charge in [-0.2, -0.15) is 0 Å². The lowest BCUT2D eigenvalue weighted by Gasteiger charge is -2.29. The van der Waals surface area contributed by atoms with E-state index in [-0.39, 0.29) is 11.7 Å². The molecule has 1 aromatic rings. The lowest BCUT2D eigenvalue weighted by atomic mass is 9.78. The summed E-state index contributed by atoms with van der Waals surface area (Å²) in [4.78, 5) is 12.5. The Morgan fingerprint density at radius 2 is 2.14 bits per heavy atom. The molecule has 2 N–H and O–H groups in total. The van der Waals surface area contributed by atoms with Gasteiger partial charge in [-0.25, -0.2) is 4.39 Å². The number of nitro groups is 1. The summed E-state index contributed by atoms with van der Waals surface area (Å²) in [6.45, 7) is 2.43. The van der Waals surface area contributed by atoms with Gasteiger partial charge < -0.3 is 5.73 Å². The Balaban J connectivity index is 1.71. The molecule has 0 aromatic heterocycles. The van der Waals surface area contributed by atoms with E-state index < -0.39 is 10.7 Å². The highest BCUT2D eigenvalue weighted by Gasteiger charge is 2.38. The Morgan fingerprint density at radius 3 is 2.86 bits per heavy atom. The Morgan fingerprint density at radius 1 is 1.33 bits per heavy atom. The monoisotopic (exact) mass is 293 g/mol. The van der Waals surface area contributed by atoms with Gasteiger partial charge in [0.15, 0.2) is 0 Å². The van der Waals surface area contributed by atoms with Gasteiger partial charge in [0.25, 0.3) is 5.69 Å². The molecule has 2 aliphatic rings. The van der Waals surface area contributed by atoms with E-state index in [1.165, 1.54) is 25.0 Å². The van der Waals surface area contributed by atoms with Crippen molar-refractivity contribution >= 4 is 5.69 Å². The molecule has 2 fully saturated rings. The molecule has 114 valence electrons. The van der Waals surface area contributed by atoms with Crippen molar-refractivity contribution in [1.82, 2.24) is 4.90 Å². The number of benzene rings is 1. The third-order valence-corrected chi connectivity index (χ3v) is 4.79. The fourth-order valence-corrected chi connectivity index (χ4v) is 3.83. The van der Waals surface area contributed by atoms with Crippen molar-refractivity contribution in [2.75, 3.05) is 13.1 Å². The molecule has 1 saturated heterocycles. The van der Waals surface area contributed by atoms with E-state index in [2.05, 4.69) is 4.90 Å². The topological polar surface area (TPSA) is 72.4 Å². The maximum absolute atomic E-state index is 13.5. The minimum atomic E-state index is -0.549. The molecule has 21 heavy (non-hydrogen) atoms. The van der Waals surface area contributed by atoms with Crippen LogP contribution in [0.5, 0.6) is 0 Å². The van der Waals surface area contributed by atoms with Crippen LogP contribution >= 0.6 is 0 Å². The lowest BCUT2D eigenvalue weighted by molar-refractivity contribution is -0.385. The molecule has 3 unspecified atom stereocenters. The van der Waals surface area contributed by atoms with Gasteiger partial charge >= 0.3 is 0 Å². The van der Waals surface area contributed by atoms with Crippen LogP contribution in [0.3, 0.4) is 0 Å². The Kier molecular flexibility index (Phi) is 3.91. The molecule has 0 amide bonds. The number of hydrogen-bond acceptors (Lipinski definition) is 4. The van der Waals surface area contributed by atoms with Crippen LogP contribution in [-0.4, -0.2) is 29.0 Å². The number of rotatable bonds is 3. The fraction of sp³-hybridized carbons (Fsp3) is 0.600. The first-order chi connectivity index (χ1) is 10.0. The first kappa shape index (κ1) is 14.4. The van der Waals surface area contributed by atoms with Crippen molar-refractivity contribution in [1.29, 1.82) is 0 Å². The molecule has 0 radical (unpaired) electrons. The Labute approximate surface area is 123 Å².